The lowest BCUT2D eigenvalue weighted by Crippen LogP contribution is -2.29. The number of nitrogens with zero attached hydrogens (tertiary/aromatic N) is 2. The highest BCUT2D eigenvalue weighted by Gasteiger charge is 2.46. The van der Waals surface area contributed by atoms with E-state index in [1.165, 1.54) is 25.0 Å². The van der Waals surface area contributed by atoms with E-state index in [-0.39, 0.29) is 0 Å². The molecule has 0 aliphatic carbocycles. The Balaban J connectivity index is 1.47. The summed E-state index contributed by atoms with van der Waals surface area (Å²) in [7, 11) is -5.36. The van der Waals surface area contributed by atoms with Crippen molar-refractivity contribution >= 4 is 9.84 Å². The second-order valence-corrected chi connectivity index (χ2v) is 10.3. The SMILES string of the molecule is Cc1oc(-c2ccc(-c3ccc(S(=O)(=O)C(F)(F)F)cc3)cc2)nc1CCN1CCC[C@H]1C. The lowest BCUT2D eigenvalue weighted by atomic mass is 10.0. The maximum absolute atomic E-state index is 12.7. The number of rotatable bonds is 6. The fourth-order valence-corrected chi connectivity index (χ4v) is 4.88. The summed E-state index contributed by atoms with van der Waals surface area (Å²) in [5.41, 5.74) is -2.25. The minimum Gasteiger partial charge on any atom is -0.441 e. The number of aryl methyl sites for hydroxylation is 1. The number of hydrogen-bond acceptors (Lipinski definition) is 5. The van der Waals surface area contributed by atoms with Gasteiger partial charge >= 0.3 is 5.51 Å². The molecule has 0 amide bonds. The topological polar surface area (TPSA) is 63.4 Å². The third-order valence-corrected chi connectivity index (χ3v) is 7.66. The number of oxazole rings is 1. The Morgan fingerprint density at radius 1 is 1.03 bits per heavy atom. The van der Waals surface area contributed by atoms with Gasteiger partial charge in [-0.25, -0.2) is 13.4 Å². The highest BCUT2D eigenvalue weighted by molar-refractivity contribution is 7.92. The molecule has 1 aliphatic rings. The Morgan fingerprint density at radius 2 is 1.61 bits per heavy atom. The van der Waals surface area contributed by atoms with E-state index in [0.717, 1.165) is 54.2 Å². The molecule has 9 heteroatoms. The van der Waals surface area contributed by atoms with Gasteiger partial charge in [0.05, 0.1) is 10.6 Å². The predicted octanol–water partition coefficient (Wildman–Crippen LogP) is 5.64. The lowest BCUT2D eigenvalue weighted by Gasteiger charge is -2.20. The van der Waals surface area contributed by atoms with Crippen molar-refractivity contribution in [1.82, 2.24) is 9.88 Å². The smallest absolute Gasteiger partial charge is 0.441 e. The van der Waals surface area contributed by atoms with Crippen LogP contribution in [-0.2, 0) is 16.3 Å². The third-order valence-electron chi connectivity index (χ3n) is 6.15. The van der Waals surface area contributed by atoms with Crippen molar-refractivity contribution in [2.24, 2.45) is 0 Å². The molecule has 4 rings (SSSR count). The molecule has 0 unspecified atom stereocenters. The van der Waals surface area contributed by atoms with Gasteiger partial charge in [-0.2, -0.15) is 13.2 Å². The van der Waals surface area contributed by atoms with Crippen LogP contribution in [0.25, 0.3) is 22.6 Å². The molecular weight excluding hydrogens is 453 g/mol. The van der Waals surface area contributed by atoms with Crippen molar-refractivity contribution in [3.8, 4) is 22.6 Å². The summed E-state index contributed by atoms with van der Waals surface area (Å²) in [6, 6.07) is 12.5. The van der Waals surface area contributed by atoms with E-state index >= 15 is 0 Å². The molecule has 0 radical (unpaired) electrons. The summed E-state index contributed by atoms with van der Waals surface area (Å²) < 4.78 is 67.1. The van der Waals surface area contributed by atoms with E-state index in [4.69, 9.17) is 4.42 Å². The van der Waals surface area contributed by atoms with Gasteiger partial charge in [0, 0.05) is 24.6 Å². The first-order chi connectivity index (χ1) is 15.6. The molecule has 0 saturated carbocycles. The van der Waals surface area contributed by atoms with Crippen molar-refractivity contribution in [2.45, 2.75) is 49.6 Å². The normalized spacial score (nSPS) is 17.5. The lowest BCUT2D eigenvalue weighted by molar-refractivity contribution is -0.0436. The molecule has 2 aromatic carbocycles. The summed E-state index contributed by atoms with van der Waals surface area (Å²) in [5, 5.41) is 0. The first-order valence-electron chi connectivity index (χ1n) is 10.8. The maximum Gasteiger partial charge on any atom is 0.501 e. The Morgan fingerprint density at radius 3 is 2.15 bits per heavy atom. The average molecular weight is 479 g/mol. The van der Waals surface area contributed by atoms with Gasteiger partial charge in [-0.15, -0.1) is 0 Å². The largest absolute Gasteiger partial charge is 0.501 e. The fraction of sp³-hybridized carbons (Fsp3) is 0.375. The van der Waals surface area contributed by atoms with Crippen LogP contribution >= 0.6 is 0 Å². The second-order valence-electron chi connectivity index (χ2n) is 8.35. The van der Waals surface area contributed by atoms with E-state index < -0.39 is 20.2 Å². The maximum atomic E-state index is 12.7. The second kappa shape index (κ2) is 8.95. The minimum atomic E-state index is -5.36. The van der Waals surface area contributed by atoms with Crippen molar-refractivity contribution in [3.63, 3.8) is 0 Å². The standard InChI is InChI=1S/C24H25F3N2O3S/c1-16-4-3-14-29(16)15-13-22-17(2)32-23(28-22)20-7-5-18(6-8-20)19-9-11-21(12-10-19)33(30,31)24(25,26)27/h5-12,16H,3-4,13-15H2,1-2H3/t16-/m1/s1. The number of halogens is 3. The van der Waals surface area contributed by atoms with Crippen LogP contribution in [0.15, 0.2) is 57.8 Å². The zero-order valence-corrected chi connectivity index (χ0v) is 19.2. The molecule has 0 spiro atoms. The van der Waals surface area contributed by atoms with Gasteiger partial charge in [0.25, 0.3) is 9.84 Å². The fourth-order valence-electron chi connectivity index (χ4n) is 4.12. The molecular formula is C24H25F3N2O3S. The van der Waals surface area contributed by atoms with Crippen LogP contribution in [0.2, 0.25) is 0 Å². The van der Waals surface area contributed by atoms with E-state index in [2.05, 4.69) is 16.8 Å². The van der Waals surface area contributed by atoms with E-state index in [1.807, 2.05) is 19.1 Å². The van der Waals surface area contributed by atoms with Crippen molar-refractivity contribution in [3.05, 3.63) is 60.0 Å². The monoisotopic (exact) mass is 478 g/mol. The zero-order chi connectivity index (χ0) is 23.8. The Kier molecular flexibility index (Phi) is 6.37. The number of alkyl halides is 3. The molecule has 1 atom stereocenters. The molecule has 1 fully saturated rings. The van der Waals surface area contributed by atoms with Crippen LogP contribution in [0.4, 0.5) is 13.2 Å². The number of hydrogen-bond donors (Lipinski definition) is 0. The molecule has 176 valence electrons. The summed E-state index contributed by atoms with van der Waals surface area (Å²) in [6.45, 7) is 6.23. The van der Waals surface area contributed by atoms with Crippen LogP contribution in [0.5, 0.6) is 0 Å². The highest BCUT2D eigenvalue weighted by atomic mass is 32.2. The van der Waals surface area contributed by atoms with Crippen LogP contribution in [0.3, 0.4) is 0 Å². The number of aromatic nitrogens is 1. The zero-order valence-electron chi connectivity index (χ0n) is 18.4. The number of benzene rings is 2. The van der Waals surface area contributed by atoms with Gasteiger partial charge in [-0.1, -0.05) is 24.3 Å². The first-order valence-corrected chi connectivity index (χ1v) is 12.3. The first kappa shape index (κ1) is 23.5. The molecule has 2 heterocycles. The minimum absolute atomic E-state index is 0.523. The Hall–Kier alpha value is -2.65. The van der Waals surface area contributed by atoms with Gasteiger partial charge in [-0.05, 0) is 68.6 Å². The molecule has 1 saturated heterocycles. The van der Waals surface area contributed by atoms with E-state index in [0.29, 0.717) is 17.5 Å². The Labute approximate surface area is 191 Å². The van der Waals surface area contributed by atoms with E-state index in [1.54, 1.807) is 12.1 Å². The summed E-state index contributed by atoms with van der Waals surface area (Å²) >= 11 is 0. The average Bonchev–Trinajstić information content (AvgIpc) is 3.36. The molecule has 1 aromatic heterocycles. The number of likely N-dealkylation sites (tertiary alicyclic amines) is 1. The van der Waals surface area contributed by atoms with Gasteiger partial charge in [0.15, 0.2) is 0 Å². The van der Waals surface area contributed by atoms with Gasteiger partial charge in [0.1, 0.15) is 5.76 Å². The van der Waals surface area contributed by atoms with Crippen molar-refractivity contribution in [1.29, 1.82) is 0 Å². The van der Waals surface area contributed by atoms with Crippen molar-refractivity contribution in [2.75, 3.05) is 13.1 Å². The predicted molar refractivity (Wildman–Crippen MR) is 119 cm³/mol. The molecule has 1 aliphatic heterocycles. The van der Waals surface area contributed by atoms with Crippen LogP contribution < -0.4 is 0 Å². The van der Waals surface area contributed by atoms with Gasteiger partial charge in [0.2, 0.25) is 5.89 Å². The molecule has 3 aromatic rings. The van der Waals surface area contributed by atoms with Crippen LogP contribution in [0.1, 0.15) is 31.2 Å². The molecule has 33 heavy (non-hydrogen) atoms. The molecule has 0 N–H and O–H groups in total. The molecule has 5 nitrogen and oxygen atoms in total. The third kappa shape index (κ3) is 4.84. The van der Waals surface area contributed by atoms with Gasteiger partial charge < -0.3 is 9.32 Å². The van der Waals surface area contributed by atoms with E-state index in [9.17, 15) is 21.6 Å². The van der Waals surface area contributed by atoms with Crippen LogP contribution in [-0.4, -0.2) is 42.9 Å². The highest BCUT2D eigenvalue weighted by Crippen LogP contribution is 2.32. The van der Waals surface area contributed by atoms with Crippen molar-refractivity contribution < 1.29 is 26.0 Å². The summed E-state index contributed by atoms with van der Waals surface area (Å²) in [5.74, 6) is 1.32. The van der Waals surface area contributed by atoms with Crippen LogP contribution in [0, 0.1) is 6.92 Å². The summed E-state index contributed by atoms with van der Waals surface area (Å²) in [4.78, 5) is 6.35. The summed E-state index contributed by atoms with van der Waals surface area (Å²) in [6.07, 6.45) is 3.29. The molecule has 0 bridgehead atoms. The quantitative estimate of drug-likeness (QED) is 0.459. The Bertz CT molecular complexity index is 1220. The van der Waals surface area contributed by atoms with Gasteiger partial charge in [-0.3, -0.25) is 0 Å². The number of sulfone groups is 1.